The lowest BCUT2D eigenvalue weighted by atomic mass is 10.1. The molecule has 2 heterocycles. The average molecular weight is 379 g/mol. The molecule has 28 heavy (non-hydrogen) atoms. The molecule has 1 unspecified atom stereocenters. The van der Waals surface area contributed by atoms with Crippen molar-refractivity contribution in [2.45, 2.75) is 25.5 Å². The molecule has 0 saturated carbocycles. The van der Waals surface area contributed by atoms with E-state index in [1.54, 1.807) is 13.4 Å². The first-order valence-corrected chi connectivity index (χ1v) is 9.59. The van der Waals surface area contributed by atoms with Crippen LogP contribution in [0.15, 0.2) is 48.8 Å². The van der Waals surface area contributed by atoms with Gasteiger partial charge in [0, 0.05) is 32.3 Å². The highest BCUT2D eigenvalue weighted by Gasteiger charge is 2.24. The fourth-order valence-corrected chi connectivity index (χ4v) is 3.66. The molecule has 6 heteroatoms. The van der Waals surface area contributed by atoms with Crippen LogP contribution in [0, 0.1) is 0 Å². The van der Waals surface area contributed by atoms with Crippen LogP contribution in [0.3, 0.4) is 0 Å². The number of carbonyl (C=O) groups is 1. The van der Waals surface area contributed by atoms with Crippen molar-refractivity contribution >= 4 is 16.9 Å². The lowest BCUT2D eigenvalue weighted by molar-refractivity contribution is 0.0507. The number of aromatic nitrogens is 2. The van der Waals surface area contributed by atoms with Crippen LogP contribution in [0.4, 0.5) is 0 Å². The van der Waals surface area contributed by atoms with Crippen molar-refractivity contribution in [3.8, 4) is 5.75 Å². The summed E-state index contributed by atoms with van der Waals surface area (Å²) in [5, 5.41) is 0. The molecule has 0 spiro atoms. The third kappa shape index (κ3) is 3.87. The molecule has 0 aliphatic carbocycles. The number of ether oxygens (including phenoxy) is 2. The monoisotopic (exact) mass is 379 g/mol. The Bertz CT molecular complexity index is 959. The van der Waals surface area contributed by atoms with Crippen molar-refractivity contribution in [2.24, 2.45) is 7.05 Å². The summed E-state index contributed by atoms with van der Waals surface area (Å²) in [4.78, 5) is 19.6. The summed E-state index contributed by atoms with van der Waals surface area (Å²) < 4.78 is 13.0. The summed E-state index contributed by atoms with van der Waals surface area (Å²) in [6.45, 7) is 1.89. The number of rotatable bonds is 6. The van der Waals surface area contributed by atoms with Crippen LogP contribution < -0.4 is 4.74 Å². The molecule has 1 amide bonds. The molecular formula is C22H25N3O3. The highest BCUT2D eigenvalue weighted by molar-refractivity contribution is 5.97. The molecule has 4 rings (SSSR count). The Morgan fingerprint density at radius 2 is 2.11 bits per heavy atom. The second kappa shape index (κ2) is 8.02. The Hall–Kier alpha value is -2.86. The number of methoxy groups -OCH3 is 1. The molecule has 1 fully saturated rings. The van der Waals surface area contributed by atoms with Crippen LogP contribution in [0.1, 0.15) is 28.8 Å². The van der Waals surface area contributed by atoms with Crippen molar-refractivity contribution in [3.05, 3.63) is 59.9 Å². The van der Waals surface area contributed by atoms with Gasteiger partial charge in [0.05, 0.1) is 30.6 Å². The fraction of sp³-hybridized carbons (Fsp3) is 0.364. The number of hydrogen-bond donors (Lipinski definition) is 0. The number of amides is 1. The molecule has 146 valence electrons. The van der Waals surface area contributed by atoms with E-state index in [-0.39, 0.29) is 12.0 Å². The van der Waals surface area contributed by atoms with Crippen LogP contribution in [0.2, 0.25) is 0 Å². The molecule has 2 aromatic carbocycles. The Labute approximate surface area is 164 Å². The van der Waals surface area contributed by atoms with E-state index in [2.05, 4.69) is 4.98 Å². The topological polar surface area (TPSA) is 56.6 Å². The van der Waals surface area contributed by atoms with Crippen molar-refractivity contribution in [1.29, 1.82) is 0 Å². The van der Waals surface area contributed by atoms with E-state index in [0.717, 1.165) is 41.8 Å². The lowest BCUT2D eigenvalue weighted by Gasteiger charge is -2.26. The van der Waals surface area contributed by atoms with E-state index < -0.39 is 0 Å². The molecule has 1 saturated heterocycles. The van der Waals surface area contributed by atoms with Gasteiger partial charge in [0.2, 0.25) is 0 Å². The molecule has 0 N–H and O–H groups in total. The van der Waals surface area contributed by atoms with E-state index in [4.69, 9.17) is 9.47 Å². The van der Waals surface area contributed by atoms with Gasteiger partial charge >= 0.3 is 0 Å². The van der Waals surface area contributed by atoms with Gasteiger partial charge in [0.15, 0.2) is 0 Å². The normalized spacial score (nSPS) is 16.4. The number of imidazole rings is 1. The van der Waals surface area contributed by atoms with Crippen molar-refractivity contribution in [1.82, 2.24) is 14.5 Å². The van der Waals surface area contributed by atoms with Crippen LogP contribution in [-0.4, -0.2) is 46.7 Å². The van der Waals surface area contributed by atoms with Gasteiger partial charge in [-0.15, -0.1) is 0 Å². The Morgan fingerprint density at radius 1 is 1.29 bits per heavy atom. The molecule has 1 atom stereocenters. The molecule has 0 radical (unpaired) electrons. The zero-order chi connectivity index (χ0) is 19.5. The number of hydrogen-bond acceptors (Lipinski definition) is 4. The fourth-order valence-electron chi connectivity index (χ4n) is 3.66. The summed E-state index contributed by atoms with van der Waals surface area (Å²) >= 11 is 0. The molecular weight excluding hydrogens is 354 g/mol. The van der Waals surface area contributed by atoms with Gasteiger partial charge in [-0.05, 0) is 48.7 Å². The largest absolute Gasteiger partial charge is 0.497 e. The van der Waals surface area contributed by atoms with Gasteiger partial charge in [-0.25, -0.2) is 4.98 Å². The maximum atomic E-state index is 13.3. The Kier molecular flexibility index (Phi) is 5.30. The minimum atomic E-state index is -0.00105. The predicted octanol–water partition coefficient (Wildman–Crippen LogP) is 3.40. The zero-order valence-corrected chi connectivity index (χ0v) is 16.3. The zero-order valence-electron chi connectivity index (χ0n) is 16.3. The first kappa shape index (κ1) is 18.5. The molecule has 6 nitrogen and oxygen atoms in total. The van der Waals surface area contributed by atoms with Gasteiger partial charge in [-0.2, -0.15) is 0 Å². The maximum Gasteiger partial charge on any atom is 0.254 e. The van der Waals surface area contributed by atoms with Crippen LogP contribution in [0.5, 0.6) is 5.75 Å². The number of aryl methyl sites for hydroxylation is 1. The highest BCUT2D eigenvalue weighted by atomic mass is 16.5. The van der Waals surface area contributed by atoms with E-state index in [1.165, 1.54) is 0 Å². The summed E-state index contributed by atoms with van der Waals surface area (Å²) in [5.41, 5.74) is 3.55. The van der Waals surface area contributed by atoms with Crippen molar-refractivity contribution in [3.63, 3.8) is 0 Å². The van der Waals surface area contributed by atoms with Crippen molar-refractivity contribution < 1.29 is 14.3 Å². The van der Waals surface area contributed by atoms with E-state index in [1.807, 2.05) is 59.0 Å². The number of benzene rings is 2. The van der Waals surface area contributed by atoms with E-state index in [0.29, 0.717) is 18.7 Å². The summed E-state index contributed by atoms with van der Waals surface area (Å²) in [6, 6.07) is 13.5. The second-order valence-corrected chi connectivity index (χ2v) is 7.23. The molecule has 0 bridgehead atoms. The third-order valence-electron chi connectivity index (χ3n) is 5.24. The number of nitrogens with zero attached hydrogens (tertiary/aromatic N) is 3. The number of carbonyl (C=O) groups excluding carboxylic acids is 1. The highest BCUT2D eigenvalue weighted by Crippen LogP contribution is 2.20. The van der Waals surface area contributed by atoms with Gasteiger partial charge in [0.25, 0.3) is 5.91 Å². The van der Waals surface area contributed by atoms with Crippen LogP contribution in [-0.2, 0) is 18.3 Å². The molecule has 3 aromatic rings. The number of fused-ring (bicyclic) bond motifs is 1. The predicted molar refractivity (Wildman–Crippen MR) is 107 cm³/mol. The maximum absolute atomic E-state index is 13.3. The van der Waals surface area contributed by atoms with Crippen LogP contribution in [0.25, 0.3) is 11.0 Å². The first-order chi connectivity index (χ1) is 13.6. The summed E-state index contributed by atoms with van der Waals surface area (Å²) in [6.07, 6.45) is 3.90. The van der Waals surface area contributed by atoms with Crippen molar-refractivity contribution in [2.75, 3.05) is 20.3 Å². The lowest BCUT2D eigenvalue weighted by Crippen LogP contribution is -2.37. The van der Waals surface area contributed by atoms with Gasteiger partial charge < -0.3 is 18.9 Å². The molecule has 1 aliphatic heterocycles. The van der Waals surface area contributed by atoms with Gasteiger partial charge in [-0.3, -0.25) is 4.79 Å². The summed E-state index contributed by atoms with van der Waals surface area (Å²) in [5.74, 6) is 0.806. The Balaban J connectivity index is 1.59. The standard InChI is InChI=1S/C22H25N3O3/c1-24-15-23-20-12-17(7-10-21(20)24)22(26)25(14-19-4-3-11-28-19)13-16-5-8-18(27-2)9-6-16/h5-10,12,15,19H,3-4,11,13-14H2,1-2H3. The van der Waals surface area contributed by atoms with Crippen LogP contribution >= 0.6 is 0 Å². The van der Waals surface area contributed by atoms with E-state index in [9.17, 15) is 4.79 Å². The quantitative estimate of drug-likeness (QED) is 0.659. The van der Waals surface area contributed by atoms with Gasteiger partial charge in [0.1, 0.15) is 5.75 Å². The minimum Gasteiger partial charge on any atom is -0.497 e. The third-order valence-corrected chi connectivity index (χ3v) is 5.24. The Morgan fingerprint density at radius 3 is 2.82 bits per heavy atom. The first-order valence-electron chi connectivity index (χ1n) is 9.59. The summed E-state index contributed by atoms with van der Waals surface area (Å²) in [7, 11) is 3.60. The SMILES string of the molecule is COc1ccc(CN(CC2CCCO2)C(=O)c2ccc3c(c2)ncn3C)cc1. The smallest absolute Gasteiger partial charge is 0.254 e. The molecule has 1 aromatic heterocycles. The second-order valence-electron chi connectivity index (χ2n) is 7.23. The minimum absolute atomic E-state index is 0.00105. The van der Waals surface area contributed by atoms with Gasteiger partial charge in [-0.1, -0.05) is 12.1 Å². The average Bonchev–Trinajstić information content (AvgIpc) is 3.37. The molecule has 1 aliphatic rings. The van der Waals surface area contributed by atoms with E-state index >= 15 is 0 Å².